The summed E-state index contributed by atoms with van der Waals surface area (Å²) in [5.74, 6) is -0.619. The normalized spacial score (nSPS) is 22.8. The molecule has 1 saturated heterocycles. The summed E-state index contributed by atoms with van der Waals surface area (Å²) < 4.78 is 15.7. The highest BCUT2D eigenvalue weighted by Gasteiger charge is 2.48. The van der Waals surface area contributed by atoms with Gasteiger partial charge >= 0.3 is 0 Å². The summed E-state index contributed by atoms with van der Waals surface area (Å²) in [6.07, 6.45) is 8.90. The first-order valence-electron chi connectivity index (χ1n) is 11.1. The number of pyridine rings is 1. The van der Waals surface area contributed by atoms with Gasteiger partial charge in [0.2, 0.25) is 0 Å². The Morgan fingerprint density at radius 2 is 1.91 bits per heavy atom. The predicted molar refractivity (Wildman–Crippen MR) is 125 cm³/mol. The highest BCUT2D eigenvalue weighted by Crippen LogP contribution is 2.48. The zero-order valence-corrected chi connectivity index (χ0v) is 19.0. The van der Waals surface area contributed by atoms with Gasteiger partial charge in [0.25, 0.3) is 5.91 Å². The quantitative estimate of drug-likeness (QED) is 0.476. The molecule has 4 aromatic rings. The number of benzene rings is 1. The van der Waals surface area contributed by atoms with Crippen LogP contribution < -0.4 is 11.1 Å². The molecular weight excluding hydrogens is 433 g/mol. The van der Waals surface area contributed by atoms with E-state index in [9.17, 15) is 9.18 Å². The van der Waals surface area contributed by atoms with Gasteiger partial charge in [0.1, 0.15) is 17.2 Å². The molecule has 0 unspecified atom stereocenters. The van der Waals surface area contributed by atoms with Crippen molar-refractivity contribution in [3.8, 4) is 0 Å². The van der Waals surface area contributed by atoms with Gasteiger partial charge in [-0.05, 0) is 49.7 Å². The molecule has 3 atom stereocenters. The van der Waals surface area contributed by atoms with E-state index in [1.165, 1.54) is 30.7 Å². The summed E-state index contributed by atoms with van der Waals surface area (Å²) in [4.78, 5) is 27.1. The molecule has 1 amide bonds. The fourth-order valence-electron chi connectivity index (χ4n) is 4.88. The van der Waals surface area contributed by atoms with Crippen molar-refractivity contribution in [1.82, 2.24) is 29.6 Å². The summed E-state index contributed by atoms with van der Waals surface area (Å²) in [7, 11) is 1.97. The molecule has 1 aromatic carbocycles. The van der Waals surface area contributed by atoms with Crippen molar-refractivity contribution in [3.63, 3.8) is 0 Å². The van der Waals surface area contributed by atoms with Gasteiger partial charge in [-0.25, -0.2) is 14.4 Å². The second kappa shape index (κ2) is 8.58. The van der Waals surface area contributed by atoms with Gasteiger partial charge in [-0.1, -0.05) is 18.2 Å². The first-order valence-corrected chi connectivity index (χ1v) is 11.1. The Morgan fingerprint density at radius 1 is 1.15 bits per heavy atom. The van der Waals surface area contributed by atoms with Gasteiger partial charge < -0.3 is 15.5 Å². The molecule has 1 aliphatic rings. The highest BCUT2D eigenvalue weighted by molar-refractivity contribution is 5.91. The van der Waals surface area contributed by atoms with E-state index in [0.29, 0.717) is 6.42 Å². The number of hydrogen-bond donors (Lipinski definition) is 2. The van der Waals surface area contributed by atoms with Crippen LogP contribution in [0.4, 0.5) is 4.39 Å². The third kappa shape index (κ3) is 3.93. The Balaban J connectivity index is 1.49. The minimum absolute atomic E-state index is 0.00898. The number of aryl methyl sites for hydroxylation is 1. The molecule has 3 aromatic heterocycles. The molecule has 5 rings (SSSR count). The average Bonchev–Trinajstić information content (AvgIpc) is 3.35. The fraction of sp³-hybridized carbons (Fsp3) is 0.280. The number of carbonyl (C=O) groups excluding carboxylic acids is 1. The smallest absolute Gasteiger partial charge is 0.271 e. The molecule has 1 aliphatic heterocycles. The molecule has 4 heterocycles. The minimum Gasteiger partial charge on any atom is -0.347 e. The first-order chi connectivity index (χ1) is 16.4. The number of carbonyl (C=O) groups is 1. The molecule has 0 saturated carbocycles. The number of nitrogens with zero attached hydrogens (tertiary/aromatic N) is 5. The lowest BCUT2D eigenvalue weighted by atomic mass is 9.86. The second-order valence-electron chi connectivity index (χ2n) is 8.89. The van der Waals surface area contributed by atoms with Gasteiger partial charge in [0, 0.05) is 49.0 Å². The van der Waals surface area contributed by atoms with E-state index in [2.05, 4.69) is 41.8 Å². The number of aromatic nitrogens is 4. The van der Waals surface area contributed by atoms with E-state index in [0.717, 1.165) is 22.5 Å². The molecule has 3 N–H and O–H groups in total. The number of likely N-dealkylation sites (tertiary alicyclic amines) is 1. The van der Waals surface area contributed by atoms with Crippen LogP contribution in [0.2, 0.25) is 0 Å². The van der Waals surface area contributed by atoms with E-state index in [1.54, 1.807) is 0 Å². The SMILES string of the molecule is Cc1cnc2ccc([C@H]3[C@@H](c4ccc(F)cc4)C[C@](N)(CNC(=O)c4cnccn4)N3C)cn12. The fourth-order valence-corrected chi connectivity index (χ4v) is 4.88. The first kappa shape index (κ1) is 22.1. The summed E-state index contributed by atoms with van der Waals surface area (Å²) in [5.41, 5.74) is 10.3. The van der Waals surface area contributed by atoms with Crippen LogP contribution >= 0.6 is 0 Å². The van der Waals surface area contributed by atoms with Gasteiger partial charge in [-0.3, -0.25) is 14.7 Å². The maximum atomic E-state index is 13.7. The zero-order chi connectivity index (χ0) is 23.9. The molecule has 9 heteroatoms. The third-order valence-corrected chi connectivity index (χ3v) is 6.78. The van der Waals surface area contributed by atoms with Crippen LogP contribution in [0.15, 0.2) is 67.4 Å². The summed E-state index contributed by atoms with van der Waals surface area (Å²) >= 11 is 0. The van der Waals surface area contributed by atoms with Gasteiger partial charge in [-0.2, -0.15) is 0 Å². The maximum Gasteiger partial charge on any atom is 0.271 e. The number of amides is 1. The Kier molecular flexibility index (Phi) is 5.59. The number of rotatable bonds is 5. The third-order valence-electron chi connectivity index (χ3n) is 6.78. The molecule has 0 bridgehead atoms. The van der Waals surface area contributed by atoms with Crippen LogP contribution in [0.3, 0.4) is 0 Å². The van der Waals surface area contributed by atoms with Crippen LogP contribution in [0.5, 0.6) is 0 Å². The lowest BCUT2D eigenvalue weighted by molar-refractivity contribution is 0.0883. The average molecular weight is 460 g/mol. The van der Waals surface area contributed by atoms with Crippen molar-refractivity contribution < 1.29 is 9.18 Å². The predicted octanol–water partition coefficient (Wildman–Crippen LogP) is 2.82. The van der Waals surface area contributed by atoms with Crippen LogP contribution in [0.1, 0.15) is 45.7 Å². The van der Waals surface area contributed by atoms with Crippen LogP contribution in [0.25, 0.3) is 5.65 Å². The van der Waals surface area contributed by atoms with Crippen LogP contribution in [0, 0.1) is 12.7 Å². The van der Waals surface area contributed by atoms with Crippen molar-refractivity contribution >= 4 is 11.6 Å². The zero-order valence-electron chi connectivity index (χ0n) is 19.0. The number of imidazole rings is 1. The summed E-state index contributed by atoms with van der Waals surface area (Å²) in [6.45, 7) is 2.23. The van der Waals surface area contributed by atoms with Crippen LogP contribution in [-0.2, 0) is 0 Å². The maximum absolute atomic E-state index is 13.7. The van der Waals surface area contributed by atoms with E-state index >= 15 is 0 Å². The molecule has 8 nitrogen and oxygen atoms in total. The number of halogens is 1. The van der Waals surface area contributed by atoms with E-state index < -0.39 is 5.66 Å². The van der Waals surface area contributed by atoms with Crippen molar-refractivity contribution in [3.05, 3.63) is 95.7 Å². The standard InChI is InChI=1S/C25H26FN7O/c1-16-12-30-22-8-5-18(14-33(16)22)23-20(17-3-6-19(26)7-4-17)11-25(27,32(23)2)15-31-24(34)21-13-28-9-10-29-21/h3-10,12-14,20,23H,11,15,27H2,1-2H3,(H,31,34)/t20-,23+,25-/m1/s1. The second-order valence-corrected chi connectivity index (χ2v) is 8.89. The molecule has 34 heavy (non-hydrogen) atoms. The molecule has 0 spiro atoms. The monoisotopic (exact) mass is 459 g/mol. The van der Waals surface area contributed by atoms with Crippen LogP contribution in [-0.4, -0.2) is 49.4 Å². The van der Waals surface area contributed by atoms with Crippen molar-refractivity contribution in [1.29, 1.82) is 0 Å². The summed E-state index contributed by atoms with van der Waals surface area (Å²) in [5, 5.41) is 2.92. The Hall–Kier alpha value is -3.69. The Bertz CT molecular complexity index is 1320. The highest BCUT2D eigenvalue weighted by atomic mass is 19.1. The summed E-state index contributed by atoms with van der Waals surface area (Å²) in [6, 6.07) is 10.5. The number of fused-ring (bicyclic) bond motifs is 1. The largest absolute Gasteiger partial charge is 0.347 e. The Morgan fingerprint density at radius 3 is 2.65 bits per heavy atom. The van der Waals surface area contributed by atoms with Crippen molar-refractivity contribution in [2.45, 2.75) is 31.0 Å². The van der Waals surface area contributed by atoms with E-state index in [-0.39, 0.29) is 35.9 Å². The van der Waals surface area contributed by atoms with E-state index in [4.69, 9.17) is 5.73 Å². The minimum atomic E-state index is -0.833. The molecule has 174 valence electrons. The van der Waals surface area contributed by atoms with Gasteiger partial charge in [0.15, 0.2) is 0 Å². The van der Waals surface area contributed by atoms with Gasteiger partial charge in [-0.15, -0.1) is 0 Å². The number of hydrogen-bond acceptors (Lipinski definition) is 6. The lowest BCUT2D eigenvalue weighted by Gasteiger charge is -2.35. The topological polar surface area (TPSA) is 101 Å². The van der Waals surface area contributed by atoms with Crippen molar-refractivity contribution in [2.75, 3.05) is 13.6 Å². The number of likely N-dealkylation sites (N-methyl/N-ethyl adjacent to an activating group) is 1. The number of nitrogens with two attached hydrogens (primary N) is 1. The molecule has 0 radical (unpaired) electrons. The lowest BCUT2D eigenvalue weighted by Crippen LogP contribution is -2.57. The van der Waals surface area contributed by atoms with Gasteiger partial charge in [0.05, 0.1) is 11.9 Å². The molecule has 1 fully saturated rings. The van der Waals surface area contributed by atoms with Crippen molar-refractivity contribution in [2.24, 2.45) is 5.73 Å². The van der Waals surface area contributed by atoms with E-state index in [1.807, 2.05) is 38.4 Å². The molecular formula is C25H26FN7O. The molecule has 0 aliphatic carbocycles. The Labute approximate surface area is 196 Å². The number of nitrogens with one attached hydrogen (secondary N) is 1.